The molecule has 1 N–H and O–H groups in total. The molecular formula is C28H47NO6. The molecule has 6 atom stereocenters. The summed E-state index contributed by atoms with van der Waals surface area (Å²) in [6.07, 6.45) is 11.3. The van der Waals surface area contributed by atoms with Crippen LogP contribution < -0.4 is 5.32 Å². The highest BCUT2D eigenvalue weighted by Gasteiger charge is 2.72. The van der Waals surface area contributed by atoms with Gasteiger partial charge in [-0.15, -0.1) is 0 Å². The first-order valence-corrected chi connectivity index (χ1v) is 13.7. The Hall–Kier alpha value is -1.44. The number of hydrogen-bond acceptors (Lipinski definition) is 6. The van der Waals surface area contributed by atoms with Gasteiger partial charge in [0, 0.05) is 26.5 Å². The molecule has 0 bridgehead atoms. The van der Waals surface area contributed by atoms with Gasteiger partial charge >= 0.3 is 5.97 Å². The van der Waals surface area contributed by atoms with Crippen molar-refractivity contribution in [3.8, 4) is 0 Å². The minimum Gasteiger partial charge on any atom is -0.460 e. The Morgan fingerprint density at radius 2 is 1.83 bits per heavy atom. The van der Waals surface area contributed by atoms with Gasteiger partial charge in [-0.05, 0) is 59.3 Å². The van der Waals surface area contributed by atoms with Crippen LogP contribution in [-0.4, -0.2) is 61.7 Å². The van der Waals surface area contributed by atoms with Crippen LogP contribution in [0.1, 0.15) is 98.3 Å². The molecule has 7 nitrogen and oxygen atoms in total. The van der Waals surface area contributed by atoms with E-state index < -0.39 is 0 Å². The van der Waals surface area contributed by atoms with Crippen LogP contribution in [-0.2, 0) is 28.5 Å². The summed E-state index contributed by atoms with van der Waals surface area (Å²) in [6, 6.07) is 0. The van der Waals surface area contributed by atoms with Crippen LogP contribution in [0.3, 0.4) is 0 Å². The molecule has 2 aliphatic heterocycles. The van der Waals surface area contributed by atoms with E-state index in [2.05, 4.69) is 32.2 Å². The maximum atomic E-state index is 12.6. The van der Waals surface area contributed by atoms with Crippen molar-refractivity contribution in [3.05, 3.63) is 11.6 Å². The largest absolute Gasteiger partial charge is 0.460 e. The summed E-state index contributed by atoms with van der Waals surface area (Å²) in [5.74, 6) is 0.0533. The normalized spacial score (nSPS) is 33.3. The van der Waals surface area contributed by atoms with Gasteiger partial charge in [0.2, 0.25) is 5.91 Å². The highest BCUT2D eigenvalue weighted by molar-refractivity contribution is 5.75. The Balaban J connectivity index is 1.40. The van der Waals surface area contributed by atoms with Crippen LogP contribution in [0.2, 0.25) is 0 Å². The number of carbonyl (C=O) groups excluding carboxylic acids is 2. The van der Waals surface area contributed by atoms with E-state index in [0.29, 0.717) is 12.8 Å². The van der Waals surface area contributed by atoms with Crippen molar-refractivity contribution in [2.75, 3.05) is 20.3 Å². The van der Waals surface area contributed by atoms with Gasteiger partial charge in [0.1, 0.15) is 23.4 Å². The quantitative estimate of drug-likeness (QED) is 0.152. The van der Waals surface area contributed by atoms with Gasteiger partial charge < -0.3 is 24.3 Å². The topological polar surface area (TPSA) is 89.7 Å². The van der Waals surface area contributed by atoms with Gasteiger partial charge in [-0.1, -0.05) is 37.8 Å². The number of methoxy groups -OCH3 is 1. The van der Waals surface area contributed by atoms with Gasteiger partial charge in [-0.3, -0.25) is 9.59 Å². The molecule has 3 rings (SSSR count). The van der Waals surface area contributed by atoms with Gasteiger partial charge in [0.25, 0.3) is 0 Å². The molecule has 35 heavy (non-hydrogen) atoms. The first-order valence-electron chi connectivity index (χ1n) is 13.7. The average molecular weight is 494 g/mol. The summed E-state index contributed by atoms with van der Waals surface area (Å²) >= 11 is 0. The van der Waals surface area contributed by atoms with Crippen molar-refractivity contribution in [2.45, 2.75) is 128 Å². The zero-order valence-corrected chi connectivity index (χ0v) is 22.5. The van der Waals surface area contributed by atoms with Crippen molar-refractivity contribution >= 4 is 11.9 Å². The second-order valence-corrected chi connectivity index (χ2v) is 11.0. The molecule has 1 saturated carbocycles. The van der Waals surface area contributed by atoms with Gasteiger partial charge in [-0.25, -0.2) is 0 Å². The van der Waals surface area contributed by atoms with E-state index in [1.165, 1.54) is 5.57 Å². The monoisotopic (exact) mass is 493 g/mol. The van der Waals surface area contributed by atoms with E-state index >= 15 is 0 Å². The SMILES string of the molecule is CCCC(=O)NCCCCCCCC(=O)OC1CC[C@]2(CO2)C([C@]2(C)O[C@@H]2CC=C(C)C)C1OC. The number of hydrogen-bond donors (Lipinski definition) is 1. The molecule has 3 aliphatic rings. The van der Waals surface area contributed by atoms with Gasteiger partial charge in [0.05, 0.1) is 18.6 Å². The third-order valence-corrected chi connectivity index (χ3v) is 7.88. The third-order valence-electron chi connectivity index (χ3n) is 7.88. The summed E-state index contributed by atoms with van der Waals surface area (Å²) < 4.78 is 24.1. The Bertz CT molecular complexity index is 744. The molecule has 2 saturated heterocycles. The highest BCUT2D eigenvalue weighted by Crippen LogP contribution is 2.59. The van der Waals surface area contributed by atoms with Crippen molar-refractivity contribution in [3.63, 3.8) is 0 Å². The van der Waals surface area contributed by atoms with E-state index in [4.69, 9.17) is 18.9 Å². The number of amides is 1. The molecule has 0 aromatic carbocycles. The molecule has 1 spiro atoms. The van der Waals surface area contributed by atoms with Crippen molar-refractivity contribution in [1.82, 2.24) is 5.32 Å². The van der Waals surface area contributed by atoms with E-state index in [0.717, 1.165) is 70.9 Å². The number of epoxide rings is 2. The fourth-order valence-electron chi connectivity index (χ4n) is 5.77. The average Bonchev–Trinajstić information content (AvgIpc) is 3.72. The van der Waals surface area contributed by atoms with E-state index in [-0.39, 0.29) is 47.3 Å². The summed E-state index contributed by atoms with van der Waals surface area (Å²) in [4.78, 5) is 24.1. The lowest BCUT2D eigenvalue weighted by molar-refractivity contribution is -0.172. The summed E-state index contributed by atoms with van der Waals surface area (Å²) in [6.45, 7) is 9.85. The molecule has 0 aromatic rings. The minimum absolute atomic E-state index is 0.0555. The summed E-state index contributed by atoms with van der Waals surface area (Å²) in [5.41, 5.74) is 0.774. The number of nitrogens with one attached hydrogen (secondary N) is 1. The fraction of sp³-hybridized carbons (Fsp3) is 0.857. The van der Waals surface area contributed by atoms with E-state index in [9.17, 15) is 9.59 Å². The Labute approximate surface area is 211 Å². The molecule has 7 heteroatoms. The maximum Gasteiger partial charge on any atom is 0.306 e. The Morgan fingerprint density at radius 1 is 1.11 bits per heavy atom. The zero-order valence-electron chi connectivity index (χ0n) is 22.5. The first-order chi connectivity index (χ1) is 16.8. The predicted octanol–water partition coefficient (Wildman–Crippen LogP) is 4.86. The molecular weight excluding hydrogens is 446 g/mol. The Morgan fingerprint density at radius 3 is 2.49 bits per heavy atom. The van der Waals surface area contributed by atoms with Crippen LogP contribution in [0.25, 0.3) is 0 Å². The van der Waals surface area contributed by atoms with Crippen molar-refractivity contribution < 1.29 is 28.5 Å². The lowest BCUT2D eigenvalue weighted by Gasteiger charge is -2.42. The lowest BCUT2D eigenvalue weighted by Crippen LogP contribution is -2.55. The number of carbonyl (C=O) groups is 2. The first kappa shape index (κ1) is 28.1. The van der Waals surface area contributed by atoms with Crippen LogP contribution in [0, 0.1) is 5.92 Å². The Kier molecular flexibility index (Phi) is 10.2. The number of ether oxygens (including phenoxy) is 4. The predicted molar refractivity (Wildman–Crippen MR) is 135 cm³/mol. The summed E-state index contributed by atoms with van der Waals surface area (Å²) in [7, 11) is 1.71. The zero-order chi connectivity index (χ0) is 25.5. The van der Waals surface area contributed by atoms with Crippen molar-refractivity contribution in [2.24, 2.45) is 5.92 Å². The van der Waals surface area contributed by atoms with Crippen LogP contribution in [0.5, 0.6) is 0 Å². The minimum atomic E-state index is -0.315. The summed E-state index contributed by atoms with van der Waals surface area (Å²) in [5, 5.41) is 2.95. The lowest BCUT2D eigenvalue weighted by atomic mass is 9.68. The van der Waals surface area contributed by atoms with E-state index in [1.54, 1.807) is 7.11 Å². The molecule has 3 unspecified atom stereocenters. The van der Waals surface area contributed by atoms with Crippen LogP contribution in [0.15, 0.2) is 11.6 Å². The highest BCUT2D eigenvalue weighted by atomic mass is 16.6. The molecule has 1 aliphatic carbocycles. The number of rotatable bonds is 15. The molecule has 200 valence electrons. The second-order valence-electron chi connectivity index (χ2n) is 11.0. The van der Waals surface area contributed by atoms with Crippen LogP contribution >= 0.6 is 0 Å². The molecule has 2 heterocycles. The fourth-order valence-corrected chi connectivity index (χ4v) is 5.77. The number of allylic oxidation sites excluding steroid dienone is 1. The molecule has 3 fully saturated rings. The standard InChI is InChI=1S/C28H47NO6/c1-6-12-23(30)29-18-11-9-7-8-10-13-24(31)34-21-16-17-28(19-33-28)26(25(21)32-5)27(4)22(35-27)15-14-20(2)3/h14,21-22,25-26H,6-13,15-19H2,1-5H3,(H,29,30)/t21?,22-,25?,26?,27-,28+/m1/s1. The number of esters is 1. The third kappa shape index (κ3) is 7.53. The smallest absolute Gasteiger partial charge is 0.306 e. The van der Waals surface area contributed by atoms with Gasteiger partial charge in [-0.2, -0.15) is 0 Å². The van der Waals surface area contributed by atoms with Crippen LogP contribution in [0.4, 0.5) is 0 Å². The van der Waals surface area contributed by atoms with Crippen molar-refractivity contribution in [1.29, 1.82) is 0 Å². The number of unbranched alkanes of at least 4 members (excludes halogenated alkanes) is 4. The molecule has 0 aromatic heterocycles. The van der Waals surface area contributed by atoms with E-state index in [1.807, 2.05) is 6.92 Å². The molecule has 1 amide bonds. The van der Waals surface area contributed by atoms with Gasteiger partial charge in [0.15, 0.2) is 0 Å². The second kappa shape index (κ2) is 12.7. The maximum absolute atomic E-state index is 12.6. The molecule has 0 radical (unpaired) electrons.